The molecule has 5 nitrogen and oxygen atoms in total. The van der Waals surface area contributed by atoms with Gasteiger partial charge in [0.05, 0.1) is 18.2 Å². The molecule has 2 aromatic heterocycles. The normalized spacial score (nSPS) is 10.3. The third-order valence-electron chi connectivity index (χ3n) is 2.71. The lowest BCUT2D eigenvalue weighted by Crippen LogP contribution is -1.96. The Morgan fingerprint density at radius 1 is 1.16 bits per heavy atom. The van der Waals surface area contributed by atoms with Gasteiger partial charge in [-0.3, -0.25) is 0 Å². The standard InChI is InChI=1S/C14H13N5/c15-11-2-1-3-12(8-11)18-14-5-4-13(9-17-14)19-7-6-16-10-19/h1-10H,15H2,(H,17,18). The zero-order valence-electron chi connectivity index (χ0n) is 10.2. The van der Waals surface area contributed by atoms with Crippen LogP contribution in [0.25, 0.3) is 5.69 Å². The molecule has 0 spiro atoms. The maximum Gasteiger partial charge on any atom is 0.130 e. The first-order valence-electron chi connectivity index (χ1n) is 5.88. The summed E-state index contributed by atoms with van der Waals surface area (Å²) in [5, 5.41) is 3.20. The van der Waals surface area contributed by atoms with E-state index < -0.39 is 0 Å². The lowest BCUT2D eigenvalue weighted by atomic mass is 10.3. The van der Waals surface area contributed by atoms with Crippen LogP contribution in [-0.2, 0) is 0 Å². The van der Waals surface area contributed by atoms with Gasteiger partial charge >= 0.3 is 0 Å². The average Bonchev–Trinajstić information content (AvgIpc) is 2.94. The van der Waals surface area contributed by atoms with Gasteiger partial charge in [-0.15, -0.1) is 0 Å². The van der Waals surface area contributed by atoms with Crippen molar-refractivity contribution in [1.29, 1.82) is 0 Å². The monoisotopic (exact) mass is 251 g/mol. The molecule has 3 N–H and O–H groups in total. The molecule has 1 aromatic carbocycles. The molecule has 0 saturated carbocycles. The van der Waals surface area contributed by atoms with Gasteiger partial charge in [-0.1, -0.05) is 6.07 Å². The van der Waals surface area contributed by atoms with Gasteiger partial charge in [0, 0.05) is 23.8 Å². The number of imidazole rings is 1. The first-order chi connectivity index (χ1) is 9.31. The molecule has 0 fully saturated rings. The van der Waals surface area contributed by atoms with Crippen molar-refractivity contribution in [3.63, 3.8) is 0 Å². The molecule has 0 aliphatic carbocycles. The molecule has 0 aliphatic heterocycles. The zero-order chi connectivity index (χ0) is 13.1. The Hall–Kier alpha value is -2.82. The van der Waals surface area contributed by atoms with Gasteiger partial charge in [0.1, 0.15) is 5.82 Å². The molecule has 0 bridgehead atoms. The summed E-state index contributed by atoms with van der Waals surface area (Å²) in [6.45, 7) is 0. The zero-order valence-corrected chi connectivity index (χ0v) is 10.2. The van der Waals surface area contributed by atoms with Crippen LogP contribution in [-0.4, -0.2) is 14.5 Å². The van der Waals surface area contributed by atoms with Gasteiger partial charge in [-0.2, -0.15) is 0 Å². The second-order valence-electron chi connectivity index (χ2n) is 4.12. The van der Waals surface area contributed by atoms with E-state index in [1.54, 1.807) is 18.7 Å². The molecule has 19 heavy (non-hydrogen) atoms. The molecule has 0 atom stereocenters. The van der Waals surface area contributed by atoms with E-state index in [-0.39, 0.29) is 0 Å². The Bertz CT molecular complexity index is 659. The van der Waals surface area contributed by atoms with Gasteiger partial charge in [-0.05, 0) is 30.3 Å². The van der Waals surface area contributed by atoms with Crippen molar-refractivity contribution in [2.75, 3.05) is 11.1 Å². The van der Waals surface area contributed by atoms with Crippen molar-refractivity contribution in [2.24, 2.45) is 0 Å². The Balaban J connectivity index is 1.80. The van der Waals surface area contributed by atoms with E-state index in [1.807, 2.05) is 47.2 Å². The lowest BCUT2D eigenvalue weighted by molar-refractivity contribution is 1.04. The van der Waals surface area contributed by atoms with Gasteiger partial charge in [0.15, 0.2) is 0 Å². The van der Waals surface area contributed by atoms with E-state index in [1.165, 1.54) is 0 Å². The van der Waals surface area contributed by atoms with E-state index in [0.717, 1.165) is 22.9 Å². The maximum atomic E-state index is 5.73. The van der Waals surface area contributed by atoms with E-state index in [4.69, 9.17) is 5.73 Å². The highest BCUT2D eigenvalue weighted by Gasteiger charge is 1.99. The topological polar surface area (TPSA) is 68.8 Å². The number of benzene rings is 1. The number of nitrogens with one attached hydrogen (secondary N) is 1. The Kier molecular flexibility index (Phi) is 2.86. The highest BCUT2D eigenvalue weighted by molar-refractivity contribution is 5.61. The smallest absolute Gasteiger partial charge is 0.130 e. The fraction of sp³-hybridized carbons (Fsp3) is 0. The summed E-state index contributed by atoms with van der Waals surface area (Å²) < 4.78 is 1.90. The predicted octanol–water partition coefficient (Wildman–Crippen LogP) is 2.59. The number of nitrogen functional groups attached to an aromatic ring is 1. The number of hydrogen-bond acceptors (Lipinski definition) is 4. The molecule has 94 valence electrons. The van der Waals surface area contributed by atoms with Gasteiger partial charge < -0.3 is 15.6 Å². The minimum absolute atomic E-state index is 0.722. The van der Waals surface area contributed by atoms with Crippen LogP contribution in [0.15, 0.2) is 61.3 Å². The van der Waals surface area contributed by atoms with Crippen LogP contribution in [0.3, 0.4) is 0 Å². The summed E-state index contributed by atoms with van der Waals surface area (Å²) in [6, 6.07) is 11.5. The SMILES string of the molecule is Nc1cccc(Nc2ccc(-n3ccnc3)cn2)c1. The van der Waals surface area contributed by atoms with Crippen LogP contribution in [0.4, 0.5) is 17.2 Å². The Morgan fingerprint density at radius 2 is 2.11 bits per heavy atom. The van der Waals surface area contributed by atoms with Crippen LogP contribution < -0.4 is 11.1 Å². The molecule has 0 saturated heterocycles. The number of pyridine rings is 1. The average molecular weight is 251 g/mol. The van der Waals surface area contributed by atoms with Gasteiger partial charge in [-0.25, -0.2) is 9.97 Å². The van der Waals surface area contributed by atoms with Crippen LogP contribution in [0, 0.1) is 0 Å². The molecule has 0 unspecified atom stereocenters. The van der Waals surface area contributed by atoms with Crippen LogP contribution in [0.5, 0.6) is 0 Å². The number of hydrogen-bond donors (Lipinski definition) is 2. The molecule has 0 aliphatic rings. The fourth-order valence-corrected chi connectivity index (χ4v) is 1.79. The highest BCUT2D eigenvalue weighted by atomic mass is 15.0. The van der Waals surface area contributed by atoms with Crippen LogP contribution in [0.1, 0.15) is 0 Å². The van der Waals surface area contributed by atoms with Crippen molar-refractivity contribution in [2.45, 2.75) is 0 Å². The Morgan fingerprint density at radius 3 is 2.79 bits per heavy atom. The van der Waals surface area contributed by atoms with E-state index in [9.17, 15) is 0 Å². The number of aromatic nitrogens is 3. The molecule has 3 rings (SSSR count). The number of rotatable bonds is 3. The molecular weight excluding hydrogens is 238 g/mol. The second kappa shape index (κ2) is 4.81. The van der Waals surface area contributed by atoms with Crippen molar-refractivity contribution in [3.05, 3.63) is 61.3 Å². The number of anilines is 3. The summed E-state index contributed by atoms with van der Waals surface area (Å²) in [4.78, 5) is 8.36. The minimum Gasteiger partial charge on any atom is -0.399 e. The van der Waals surface area contributed by atoms with Crippen molar-refractivity contribution >= 4 is 17.2 Å². The predicted molar refractivity (Wildman–Crippen MR) is 75.5 cm³/mol. The summed E-state index contributed by atoms with van der Waals surface area (Å²) in [7, 11) is 0. The van der Waals surface area contributed by atoms with Crippen molar-refractivity contribution in [1.82, 2.24) is 14.5 Å². The third-order valence-corrected chi connectivity index (χ3v) is 2.71. The van der Waals surface area contributed by atoms with Gasteiger partial charge in [0.2, 0.25) is 0 Å². The van der Waals surface area contributed by atoms with E-state index in [0.29, 0.717) is 0 Å². The quantitative estimate of drug-likeness (QED) is 0.702. The first-order valence-corrected chi connectivity index (χ1v) is 5.88. The largest absolute Gasteiger partial charge is 0.399 e. The molecule has 0 radical (unpaired) electrons. The number of nitrogens with two attached hydrogens (primary N) is 1. The molecule has 3 aromatic rings. The van der Waals surface area contributed by atoms with E-state index in [2.05, 4.69) is 15.3 Å². The summed E-state index contributed by atoms with van der Waals surface area (Å²) in [5.41, 5.74) is 8.34. The highest BCUT2D eigenvalue weighted by Crippen LogP contribution is 2.17. The molecule has 0 amide bonds. The van der Waals surface area contributed by atoms with Crippen LogP contribution in [0.2, 0.25) is 0 Å². The summed E-state index contributed by atoms with van der Waals surface area (Å²) in [5.74, 6) is 0.773. The molecule has 5 heteroatoms. The summed E-state index contributed by atoms with van der Waals surface area (Å²) in [6.07, 6.45) is 7.14. The minimum atomic E-state index is 0.722. The van der Waals surface area contributed by atoms with Gasteiger partial charge in [0.25, 0.3) is 0 Å². The van der Waals surface area contributed by atoms with Crippen LogP contribution >= 0.6 is 0 Å². The summed E-state index contributed by atoms with van der Waals surface area (Å²) >= 11 is 0. The lowest BCUT2D eigenvalue weighted by Gasteiger charge is -2.07. The fourth-order valence-electron chi connectivity index (χ4n) is 1.79. The number of nitrogens with zero attached hydrogens (tertiary/aromatic N) is 3. The maximum absolute atomic E-state index is 5.73. The molecular formula is C14H13N5. The van der Waals surface area contributed by atoms with Crippen molar-refractivity contribution in [3.8, 4) is 5.69 Å². The first kappa shape index (κ1) is 11.3. The second-order valence-corrected chi connectivity index (χ2v) is 4.12. The van der Waals surface area contributed by atoms with E-state index >= 15 is 0 Å². The van der Waals surface area contributed by atoms with Crippen molar-refractivity contribution < 1.29 is 0 Å². The molecule has 2 heterocycles. The third kappa shape index (κ3) is 2.55. The Labute approximate surface area is 110 Å².